The number of alkyl halides is 1. The van der Waals surface area contributed by atoms with E-state index in [9.17, 15) is 14.0 Å². The van der Waals surface area contributed by atoms with Gasteiger partial charge in [-0.1, -0.05) is 0 Å². The van der Waals surface area contributed by atoms with Gasteiger partial charge in [0.2, 0.25) is 5.91 Å². The van der Waals surface area contributed by atoms with Crippen LogP contribution in [0.15, 0.2) is 0 Å². The van der Waals surface area contributed by atoms with Gasteiger partial charge in [-0.05, 0) is 6.42 Å². The summed E-state index contributed by atoms with van der Waals surface area (Å²) in [7, 11) is 0. The van der Waals surface area contributed by atoms with Gasteiger partial charge in [-0.3, -0.25) is 9.59 Å². The number of nitrogens with one attached hydrogen (secondary N) is 1. The maximum absolute atomic E-state index is 11.8. The maximum Gasteiger partial charge on any atom is 0.303 e. The first-order valence-corrected chi connectivity index (χ1v) is 17.7. The summed E-state index contributed by atoms with van der Waals surface area (Å²) in [6.45, 7) is 11.8. The zero-order valence-electron chi connectivity index (χ0n) is 30.4. The number of carbonyl (C=O) groups excluding carboxylic acids is 1. The lowest BCUT2D eigenvalue weighted by Gasteiger charge is -2.09. The molecule has 0 aliphatic heterocycles. The first-order chi connectivity index (χ1) is 25.2. The van der Waals surface area contributed by atoms with E-state index in [4.69, 9.17) is 66.7 Å². The molecule has 2 N–H and O–H groups in total. The molecule has 304 valence electrons. The van der Waals surface area contributed by atoms with Crippen LogP contribution in [0.25, 0.3) is 0 Å². The van der Waals surface area contributed by atoms with Gasteiger partial charge >= 0.3 is 5.97 Å². The monoisotopic (exact) mass is 749 g/mol. The van der Waals surface area contributed by atoms with Crippen molar-refractivity contribution in [3.63, 3.8) is 0 Å². The van der Waals surface area contributed by atoms with E-state index in [1.807, 2.05) is 0 Å². The van der Waals surface area contributed by atoms with Crippen molar-refractivity contribution in [3.8, 4) is 0 Å². The quantitative estimate of drug-likeness (QED) is 0.0822. The molecule has 0 fully saturated rings. The molecule has 0 unspecified atom stereocenters. The second kappa shape index (κ2) is 44.5. The summed E-state index contributed by atoms with van der Waals surface area (Å²) in [5.74, 6) is -1.26. The molecular formula is C33H64FNO16. The SMILES string of the molecule is O=C(O)CCC(=O)NCCCOCCOCCOCCOCCOCCOCCOCCOCCOCCOCCOCCOCCOCCF. The molecule has 0 aromatic rings. The molecule has 0 atom stereocenters. The molecule has 18 heteroatoms. The average Bonchev–Trinajstić information content (AvgIpc) is 3.12. The third kappa shape index (κ3) is 46.3. The number of aliphatic carboxylic acids is 1. The standard InChI is InChI=1S/C33H64FNO16/c34-4-7-40-9-11-42-13-15-44-17-19-46-21-23-48-25-27-50-29-31-51-30-28-49-26-24-47-22-20-45-18-16-43-14-12-41-10-8-39-6-1-5-35-32(36)2-3-33(37)38/h1-31H2,(H,35,36)(H,37,38). The molecule has 0 radical (unpaired) electrons. The summed E-state index contributed by atoms with van der Waals surface area (Å²) in [5, 5.41) is 11.2. The van der Waals surface area contributed by atoms with Crippen LogP contribution >= 0.6 is 0 Å². The van der Waals surface area contributed by atoms with E-state index in [1.165, 1.54) is 0 Å². The minimum atomic E-state index is -0.986. The van der Waals surface area contributed by atoms with Crippen LogP contribution in [0.3, 0.4) is 0 Å². The van der Waals surface area contributed by atoms with Gasteiger partial charge in [0.1, 0.15) is 6.67 Å². The highest BCUT2D eigenvalue weighted by molar-refractivity contribution is 5.80. The van der Waals surface area contributed by atoms with E-state index in [0.717, 1.165) is 0 Å². The largest absolute Gasteiger partial charge is 0.481 e. The molecule has 0 saturated heterocycles. The predicted molar refractivity (Wildman–Crippen MR) is 181 cm³/mol. The minimum absolute atomic E-state index is 0.0140. The smallest absolute Gasteiger partial charge is 0.303 e. The Kier molecular flexibility index (Phi) is 43.1. The third-order valence-corrected chi connectivity index (χ3v) is 6.04. The first-order valence-electron chi connectivity index (χ1n) is 17.7. The molecule has 0 aromatic heterocycles. The summed E-state index contributed by atoms with van der Waals surface area (Å²) in [4.78, 5) is 21.8. The van der Waals surface area contributed by atoms with Crippen LogP contribution in [-0.2, 0) is 71.2 Å². The number of hydrogen-bond donors (Lipinski definition) is 2. The number of halogens is 1. The second-order valence-electron chi connectivity index (χ2n) is 10.2. The van der Waals surface area contributed by atoms with Crippen molar-refractivity contribution in [2.24, 2.45) is 0 Å². The zero-order valence-corrected chi connectivity index (χ0v) is 30.4. The molecule has 0 aliphatic carbocycles. The summed E-state index contributed by atoms with van der Waals surface area (Å²) in [6.07, 6.45) is 0.465. The summed E-state index contributed by atoms with van der Waals surface area (Å²) >= 11 is 0. The molecule has 0 spiro atoms. The van der Waals surface area contributed by atoms with Crippen LogP contribution in [0.2, 0.25) is 0 Å². The number of carboxylic acid groups (broad SMARTS) is 1. The van der Waals surface area contributed by atoms with Gasteiger partial charge in [0.05, 0.1) is 172 Å². The van der Waals surface area contributed by atoms with E-state index >= 15 is 0 Å². The molecule has 0 aromatic carbocycles. The van der Waals surface area contributed by atoms with Crippen LogP contribution in [0.4, 0.5) is 4.39 Å². The van der Waals surface area contributed by atoms with Crippen molar-refractivity contribution in [2.45, 2.75) is 19.3 Å². The Balaban J connectivity index is 3.08. The fourth-order valence-electron chi connectivity index (χ4n) is 3.51. The zero-order chi connectivity index (χ0) is 37.0. The van der Waals surface area contributed by atoms with E-state index in [-0.39, 0.29) is 25.4 Å². The second-order valence-corrected chi connectivity index (χ2v) is 10.2. The Morgan fingerprint density at radius 2 is 0.608 bits per heavy atom. The van der Waals surface area contributed by atoms with Crippen LogP contribution in [0.1, 0.15) is 19.3 Å². The Bertz CT molecular complexity index is 716. The highest BCUT2D eigenvalue weighted by Gasteiger charge is 2.04. The van der Waals surface area contributed by atoms with Crippen LogP contribution < -0.4 is 5.32 Å². The Hall–Kier alpha value is -1.65. The third-order valence-electron chi connectivity index (χ3n) is 6.04. The fraction of sp³-hybridized carbons (Fsp3) is 0.939. The van der Waals surface area contributed by atoms with Crippen LogP contribution in [0.5, 0.6) is 0 Å². The number of hydrogen-bond acceptors (Lipinski definition) is 15. The molecule has 17 nitrogen and oxygen atoms in total. The average molecular weight is 750 g/mol. The summed E-state index contributed by atoms with van der Waals surface area (Å²) in [6, 6.07) is 0. The Morgan fingerprint density at radius 3 is 0.843 bits per heavy atom. The number of carboxylic acids is 1. The predicted octanol–water partition coefficient (Wildman–Crippen LogP) is 0.543. The summed E-state index contributed by atoms with van der Waals surface area (Å²) in [5.41, 5.74) is 0. The van der Waals surface area contributed by atoms with Crippen molar-refractivity contribution >= 4 is 11.9 Å². The fourth-order valence-corrected chi connectivity index (χ4v) is 3.51. The lowest BCUT2D eigenvalue weighted by atomic mass is 10.3. The molecule has 0 saturated carbocycles. The Morgan fingerprint density at radius 1 is 0.373 bits per heavy atom. The number of rotatable bonds is 45. The van der Waals surface area contributed by atoms with Crippen molar-refractivity contribution in [1.29, 1.82) is 0 Å². The summed E-state index contributed by atoms with van der Waals surface area (Å²) < 4.78 is 81.9. The molecule has 1 amide bonds. The van der Waals surface area contributed by atoms with E-state index in [1.54, 1.807) is 0 Å². The number of ether oxygens (including phenoxy) is 13. The van der Waals surface area contributed by atoms with Crippen molar-refractivity contribution < 1.29 is 80.7 Å². The molecular weight excluding hydrogens is 685 g/mol. The van der Waals surface area contributed by atoms with Gasteiger partial charge in [0.25, 0.3) is 0 Å². The minimum Gasteiger partial charge on any atom is -0.481 e. The van der Waals surface area contributed by atoms with E-state index in [2.05, 4.69) is 5.32 Å². The maximum atomic E-state index is 11.8. The number of amides is 1. The van der Waals surface area contributed by atoms with E-state index in [0.29, 0.717) is 178 Å². The van der Waals surface area contributed by atoms with Gasteiger partial charge in [0, 0.05) is 19.6 Å². The first kappa shape index (κ1) is 49.4. The van der Waals surface area contributed by atoms with Crippen molar-refractivity contribution in [3.05, 3.63) is 0 Å². The van der Waals surface area contributed by atoms with Gasteiger partial charge in [0.15, 0.2) is 0 Å². The molecule has 51 heavy (non-hydrogen) atoms. The van der Waals surface area contributed by atoms with Gasteiger partial charge in [-0.25, -0.2) is 4.39 Å². The topological polar surface area (TPSA) is 186 Å². The molecule has 0 aliphatic rings. The number of carbonyl (C=O) groups is 2. The molecule has 0 heterocycles. The lowest BCUT2D eigenvalue weighted by Crippen LogP contribution is -2.25. The lowest BCUT2D eigenvalue weighted by molar-refractivity contribution is -0.138. The van der Waals surface area contributed by atoms with Crippen LogP contribution in [0, 0.1) is 0 Å². The van der Waals surface area contributed by atoms with Crippen molar-refractivity contribution in [2.75, 3.05) is 185 Å². The van der Waals surface area contributed by atoms with Crippen molar-refractivity contribution in [1.82, 2.24) is 5.32 Å². The molecule has 0 bridgehead atoms. The molecule has 0 rings (SSSR count). The highest BCUT2D eigenvalue weighted by atomic mass is 19.1. The van der Waals surface area contributed by atoms with Gasteiger partial charge < -0.3 is 72.0 Å². The van der Waals surface area contributed by atoms with Gasteiger partial charge in [-0.2, -0.15) is 0 Å². The van der Waals surface area contributed by atoms with Gasteiger partial charge in [-0.15, -0.1) is 0 Å². The van der Waals surface area contributed by atoms with E-state index < -0.39 is 12.6 Å². The van der Waals surface area contributed by atoms with Crippen LogP contribution in [-0.4, -0.2) is 202 Å². The Labute approximate surface area is 302 Å². The highest BCUT2D eigenvalue weighted by Crippen LogP contribution is 1.91. The normalized spacial score (nSPS) is 11.4.